The van der Waals surface area contributed by atoms with Crippen LogP contribution in [0.4, 0.5) is 0 Å². The van der Waals surface area contributed by atoms with Gasteiger partial charge in [0.05, 0.1) is 11.1 Å². The second kappa shape index (κ2) is 2.17. The molecule has 2 N–H and O–H groups in total. The molecule has 0 amide bonds. The molecule has 5 nitrogen and oxygen atoms in total. The summed E-state index contributed by atoms with van der Waals surface area (Å²) in [5, 5.41) is 13.6. The molecule has 0 spiro atoms. The number of fused-ring (bicyclic) bond motifs is 1. The maximum Gasteiger partial charge on any atom is 0.292 e. The van der Waals surface area contributed by atoms with Crippen molar-refractivity contribution in [1.29, 1.82) is 0 Å². The van der Waals surface area contributed by atoms with Gasteiger partial charge in [-0.25, -0.2) is 5.10 Å². The molecule has 62 valence electrons. The highest BCUT2D eigenvalue weighted by Gasteiger charge is 2.07. The zero-order valence-electron chi connectivity index (χ0n) is 6.80. The zero-order valence-corrected chi connectivity index (χ0v) is 6.80. The number of rotatable bonds is 0. The predicted octanol–water partition coefficient (Wildman–Crippen LogP) is 0.263. The molecular formula is C7H8N4O. The minimum Gasteiger partial charge on any atom is -0.281 e. The molecular weight excluding hydrogens is 156 g/mol. The van der Waals surface area contributed by atoms with Crippen LogP contribution in [0.2, 0.25) is 0 Å². The minimum atomic E-state index is -0.250. The molecule has 0 saturated heterocycles. The lowest BCUT2D eigenvalue weighted by molar-refractivity contribution is 0.965. The van der Waals surface area contributed by atoms with Gasteiger partial charge in [-0.15, -0.1) is 0 Å². The van der Waals surface area contributed by atoms with Crippen molar-refractivity contribution in [2.45, 2.75) is 13.8 Å². The van der Waals surface area contributed by atoms with Crippen LogP contribution in [0.5, 0.6) is 0 Å². The van der Waals surface area contributed by atoms with Crippen molar-refractivity contribution in [2.75, 3.05) is 0 Å². The average molecular weight is 164 g/mol. The number of hydrogen-bond donors (Lipinski definition) is 2. The van der Waals surface area contributed by atoms with Crippen LogP contribution >= 0.6 is 0 Å². The topological polar surface area (TPSA) is 74.4 Å². The summed E-state index contributed by atoms with van der Waals surface area (Å²) in [5.41, 5.74) is 1.84. The van der Waals surface area contributed by atoms with E-state index in [0.717, 1.165) is 16.8 Å². The molecule has 0 unspecified atom stereocenters. The maximum atomic E-state index is 11.1. The zero-order chi connectivity index (χ0) is 8.72. The van der Waals surface area contributed by atoms with E-state index in [1.807, 2.05) is 13.8 Å². The molecule has 0 radical (unpaired) electrons. The standard InChI is InChI=1S/C7H8N4O/c1-3-5-4(2)9-11-7(12)6(5)10-8-3/h1-2H3,(H,8,10)(H,11,12). The first kappa shape index (κ1) is 7.02. The Labute approximate surface area is 67.8 Å². The van der Waals surface area contributed by atoms with E-state index in [9.17, 15) is 4.79 Å². The van der Waals surface area contributed by atoms with E-state index in [0.29, 0.717) is 5.52 Å². The fourth-order valence-corrected chi connectivity index (χ4v) is 1.28. The molecule has 2 rings (SSSR count). The van der Waals surface area contributed by atoms with E-state index in [-0.39, 0.29) is 5.56 Å². The molecule has 2 aromatic rings. The number of hydrogen-bond acceptors (Lipinski definition) is 3. The van der Waals surface area contributed by atoms with E-state index in [1.54, 1.807) is 0 Å². The van der Waals surface area contributed by atoms with Gasteiger partial charge in [0.25, 0.3) is 5.56 Å². The molecule has 0 aromatic carbocycles. The molecule has 5 heteroatoms. The molecule has 2 aromatic heterocycles. The monoisotopic (exact) mass is 164 g/mol. The van der Waals surface area contributed by atoms with Gasteiger partial charge in [0.2, 0.25) is 0 Å². The number of nitrogens with one attached hydrogen (secondary N) is 2. The normalized spacial score (nSPS) is 10.8. The molecule has 12 heavy (non-hydrogen) atoms. The van der Waals surface area contributed by atoms with Crippen LogP contribution in [0.3, 0.4) is 0 Å². The SMILES string of the molecule is Cc1n[nH]c(=O)c2n[nH]c(C)c12. The van der Waals surface area contributed by atoms with E-state index in [2.05, 4.69) is 20.4 Å². The molecule has 0 aliphatic rings. The highest BCUT2D eigenvalue weighted by molar-refractivity contribution is 5.81. The Morgan fingerprint density at radius 3 is 2.58 bits per heavy atom. The third-order valence-corrected chi connectivity index (χ3v) is 1.85. The van der Waals surface area contributed by atoms with Crippen LogP contribution in [-0.4, -0.2) is 20.4 Å². The fourth-order valence-electron chi connectivity index (χ4n) is 1.28. The van der Waals surface area contributed by atoms with E-state index < -0.39 is 0 Å². The lowest BCUT2D eigenvalue weighted by Crippen LogP contribution is -2.09. The Kier molecular flexibility index (Phi) is 1.27. The second-order valence-electron chi connectivity index (χ2n) is 2.71. The van der Waals surface area contributed by atoms with Crippen LogP contribution in [0.1, 0.15) is 11.4 Å². The summed E-state index contributed by atoms with van der Waals surface area (Å²) in [5.74, 6) is 0. The Balaban J connectivity index is 3.09. The largest absolute Gasteiger partial charge is 0.292 e. The molecule has 2 heterocycles. The molecule has 0 aliphatic heterocycles. The van der Waals surface area contributed by atoms with Crippen molar-refractivity contribution in [2.24, 2.45) is 0 Å². The minimum absolute atomic E-state index is 0.250. The van der Waals surface area contributed by atoms with Gasteiger partial charge >= 0.3 is 0 Å². The van der Waals surface area contributed by atoms with E-state index in [4.69, 9.17) is 0 Å². The number of aromatic nitrogens is 4. The summed E-state index contributed by atoms with van der Waals surface area (Å²) >= 11 is 0. The van der Waals surface area contributed by atoms with Gasteiger partial charge in [-0.05, 0) is 13.8 Å². The van der Waals surface area contributed by atoms with Gasteiger partial charge in [-0.1, -0.05) is 0 Å². The predicted molar refractivity (Wildman–Crippen MR) is 44.0 cm³/mol. The van der Waals surface area contributed by atoms with Gasteiger partial charge in [0.15, 0.2) is 5.52 Å². The number of aryl methyl sites for hydroxylation is 2. The number of nitrogens with zero attached hydrogens (tertiary/aromatic N) is 2. The van der Waals surface area contributed by atoms with Crippen molar-refractivity contribution in [3.63, 3.8) is 0 Å². The molecule has 0 bridgehead atoms. The summed E-state index contributed by atoms with van der Waals surface area (Å²) in [6, 6.07) is 0. The Morgan fingerprint density at radius 2 is 1.92 bits per heavy atom. The van der Waals surface area contributed by atoms with Crippen LogP contribution < -0.4 is 5.56 Å². The Hall–Kier alpha value is -1.65. The van der Waals surface area contributed by atoms with Crippen LogP contribution in [0, 0.1) is 13.8 Å². The van der Waals surface area contributed by atoms with Gasteiger partial charge in [0.1, 0.15) is 0 Å². The van der Waals surface area contributed by atoms with Crippen LogP contribution in [0.25, 0.3) is 10.9 Å². The van der Waals surface area contributed by atoms with Crippen molar-refractivity contribution >= 4 is 10.9 Å². The van der Waals surface area contributed by atoms with Crippen molar-refractivity contribution in [3.8, 4) is 0 Å². The van der Waals surface area contributed by atoms with Crippen LogP contribution in [-0.2, 0) is 0 Å². The van der Waals surface area contributed by atoms with Gasteiger partial charge in [-0.3, -0.25) is 9.89 Å². The summed E-state index contributed by atoms with van der Waals surface area (Å²) in [4.78, 5) is 11.1. The van der Waals surface area contributed by atoms with Crippen molar-refractivity contribution in [3.05, 3.63) is 21.7 Å². The third-order valence-electron chi connectivity index (χ3n) is 1.85. The highest BCUT2D eigenvalue weighted by atomic mass is 16.1. The summed E-state index contributed by atoms with van der Waals surface area (Å²) < 4.78 is 0. The van der Waals surface area contributed by atoms with Gasteiger partial charge in [0, 0.05) is 5.69 Å². The first-order chi connectivity index (χ1) is 5.70. The number of H-pyrrole nitrogens is 2. The van der Waals surface area contributed by atoms with Crippen LogP contribution in [0.15, 0.2) is 4.79 Å². The van der Waals surface area contributed by atoms with Gasteiger partial charge in [-0.2, -0.15) is 10.2 Å². The second-order valence-corrected chi connectivity index (χ2v) is 2.71. The Morgan fingerprint density at radius 1 is 1.17 bits per heavy atom. The summed E-state index contributed by atoms with van der Waals surface area (Å²) in [7, 11) is 0. The first-order valence-corrected chi connectivity index (χ1v) is 3.60. The average Bonchev–Trinajstić information content (AvgIpc) is 2.42. The van der Waals surface area contributed by atoms with Crippen molar-refractivity contribution < 1.29 is 0 Å². The smallest absolute Gasteiger partial charge is 0.281 e. The summed E-state index contributed by atoms with van der Waals surface area (Å²) in [6.45, 7) is 3.70. The quantitative estimate of drug-likeness (QED) is 0.586. The Bertz CT molecular complexity index is 482. The number of aromatic amines is 2. The lowest BCUT2D eigenvalue weighted by Gasteiger charge is -1.92. The van der Waals surface area contributed by atoms with E-state index in [1.165, 1.54) is 0 Å². The fraction of sp³-hybridized carbons (Fsp3) is 0.286. The molecule has 0 atom stereocenters. The van der Waals surface area contributed by atoms with E-state index >= 15 is 0 Å². The van der Waals surface area contributed by atoms with Crippen molar-refractivity contribution in [1.82, 2.24) is 20.4 Å². The third kappa shape index (κ3) is 0.761. The first-order valence-electron chi connectivity index (χ1n) is 3.60. The summed E-state index contributed by atoms with van der Waals surface area (Å²) in [6.07, 6.45) is 0. The maximum absolute atomic E-state index is 11.1. The molecule has 0 fully saturated rings. The molecule has 0 aliphatic carbocycles. The molecule has 0 saturated carbocycles. The highest BCUT2D eigenvalue weighted by Crippen LogP contribution is 2.12. The van der Waals surface area contributed by atoms with Gasteiger partial charge < -0.3 is 0 Å². The lowest BCUT2D eigenvalue weighted by atomic mass is 10.2.